The van der Waals surface area contributed by atoms with Gasteiger partial charge in [-0.05, 0) is 32.0 Å². The summed E-state index contributed by atoms with van der Waals surface area (Å²) in [6.45, 7) is 3.52. The first-order valence-corrected chi connectivity index (χ1v) is 7.06. The Morgan fingerprint density at radius 2 is 2.05 bits per heavy atom. The van der Waals surface area contributed by atoms with Gasteiger partial charge in [0.05, 0.1) is 18.7 Å². The van der Waals surface area contributed by atoms with Crippen molar-refractivity contribution in [2.24, 2.45) is 5.73 Å². The lowest BCUT2D eigenvalue weighted by Gasteiger charge is -2.24. The minimum Gasteiger partial charge on any atom is -0.495 e. The molecule has 0 atom stereocenters. The van der Waals surface area contributed by atoms with Crippen molar-refractivity contribution in [2.45, 2.75) is 24.3 Å². The van der Waals surface area contributed by atoms with Crippen LogP contribution in [0.2, 0.25) is 0 Å². The van der Waals surface area contributed by atoms with Gasteiger partial charge in [-0.3, -0.25) is 0 Å². The maximum Gasteiger partial charge on any atom is 0.244 e. The lowest BCUT2D eigenvalue weighted by molar-refractivity contribution is 0.400. The Kier molecular flexibility index (Phi) is 6.44. The van der Waals surface area contributed by atoms with E-state index in [2.05, 4.69) is 4.72 Å². The first-order chi connectivity index (χ1) is 8.75. The van der Waals surface area contributed by atoms with Crippen LogP contribution in [-0.2, 0) is 10.0 Å². The Balaban J connectivity index is 0.00000361. The predicted molar refractivity (Wildman–Crippen MR) is 78.4 cm³/mol. The van der Waals surface area contributed by atoms with Crippen LogP contribution in [0.5, 0.6) is 5.75 Å². The van der Waals surface area contributed by atoms with Gasteiger partial charge in [0.15, 0.2) is 0 Å². The second kappa shape index (κ2) is 6.90. The van der Waals surface area contributed by atoms with E-state index in [1.807, 2.05) is 6.07 Å². The van der Waals surface area contributed by atoms with Crippen LogP contribution in [0.3, 0.4) is 0 Å². The van der Waals surface area contributed by atoms with Gasteiger partial charge in [0.25, 0.3) is 0 Å². The number of rotatable bonds is 5. The molecule has 0 unspecified atom stereocenters. The summed E-state index contributed by atoms with van der Waals surface area (Å²) in [5.74, 6) is 0.124. The second-order valence-corrected chi connectivity index (χ2v) is 6.32. The SMILES string of the molecule is COc1cc(C#N)ccc1S(=O)(=O)NC(C)(C)CN.Cl. The molecule has 0 bridgehead atoms. The molecule has 20 heavy (non-hydrogen) atoms. The third-order valence-corrected chi connectivity index (χ3v) is 4.24. The van der Waals surface area contributed by atoms with Gasteiger partial charge >= 0.3 is 0 Å². The van der Waals surface area contributed by atoms with Crippen molar-refractivity contribution in [3.63, 3.8) is 0 Å². The number of halogens is 1. The summed E-state index contributed by atoms with van der Waals surface area (Å²) in [5, 5.41) is 8.79. The molecule has 0 fully saturated rings. The molecular formula is C12H18ClN3O3S. The molecular weight excluding hydrogens is 302 g/mol. The average molecular weight is 320 g/mol. The van der Waals surface area contributed by atoms with Gasteiger partial charge in [-0.2, -0.15) is 5.26 Å². The summed E-state index contributed by atoms with van der Waals surface area (Å²) in [4.78, 5) is -0.0180. The van der Waals surface area contributed by atoms with Crippen molar-refractivity contribution in [1.29, 1.82) is 5.26 Å². The van der Waals surface area contributed by atoms with Crippen molar-refractivity contribution in [1.82, 2.24) is 4.72 Å². The number of hydrogen-bond donors (Lipinski definition) is 2. The molecule has 1 aromatic carbocycles. The van der Waals surface area contributed by atoms with Crippen molar-refractivity contribution >= 4 is 22.4 Å². The molecule has 1 rings (SSSR count). The van der Waals surface area contributed by atoms with Crippen LogP contribution < -0.4 is 15.2 Å². The number of nitrogens with zero attached hydrogens (tertiary/aromatic N) is 1. The van der Waals surface area contributed by atoms with Gasteiger partial charge in [0, 0.05) is 12.1 Å². The molecule has 3 N–H and O–H groups in total. The number of nitriles is 1. The molecule has 0 aliphatic rings. The third kappa shape index (κ3) is 4.35. The number of sulfonamides is 1. The van der Waals surface area contributed by atoms with E-state index >= 15 is 0 Å². The van der Waals surface area contributed by atoms with E-state index in [-0.39, 0.29) is 29.6 Å². The fraction of sp³-hybridized carbons (Fsp3) is 0.417. The van der Waals surface area contributed by atoms with Crippen molar-refractivity contribution in [3.05, 3.63) is 23.8 Å². The van der Waals surface area contributed by atoms with Crippen LogP contribution in [0.15, 0.2) is 23.1 Å². The fourth-order valence-corrected chi connectivity index (χ4v) is 2.99. The Bertz CT molecular complexity index is 609. The quantitative estimate of drug-likeness (QED) is 0.842. The Morgan fingerprint density at radius 1 is 1.45 bits per heavy atom. The summed E-state index contributed by atoms with van der Waals surface area (Å²) >= 11 is 0. The van der Waals surface area contributed by atoms with E-state index < -0.39 is 15.6 Å². The number of methoxy groups -OCH3 is 1. The second-order valence-electron chi connectivity index (χ2n) is 4.67. The largest absolute Gasteiger partial charge is 0.495 e. The topological polar surface area (TPSA) is 105 Å². The molecule has 0 saturated carbocycles. The summed E-state index contributed by atoms with van der Waals surface area (Å²) < 4.78 is 32.0. The molecule has 112 valence electrons. The van der Waals surface area contributed by atoms with E-state index in [9.17, 15) is 8.42 Å². The first-order valence-electron chi connectivity index (χ1n) is 5.58. The Hall–Kier alpha value is -1.33. The van der Waals surface area contributed by atoms with Crippen LogP contribution in [0.1, 0.15) is 19.4 Å². The number of ether oxygens (including phenoxy) is 1. The predicted octanol–water partition coefficient (Wildman–Crippen LogP) is 1.00. The maximum absolute atomic E-state index is 12.3. The smallest absolute Gasteiger partial charge is 0.244 e. The summed E-state index contributed by atoms with van der Waals surface area (Å²) in [5.41, 5.74) is 5.07. The van der Waals surface area contributed by atoms with Crippen LogP contribution in [0.4, 0.5) is 0 Å². The Morgan fingerprint density at radius 3 is 2.50 bits per heavy atom. The lowest BCUT2D eigenvalue weighted by Crippen LogP contribution is -2.48. The van der Waals surface area contributed by atoms with Gasteiger partial charge in [0.2, 0.25) is 10.0 Å². The van der Waals surface area contributed by atoms with Crippen LogP contribution in [-0.4, -0.2) is 27.6 Å². The van der Waals surface area contributed by atoms with E-state index in [1.165, 1.54) is 25.3 Å². The van der Waals surface area contributed by atoms with E-state index in [0.717, 1.165) is 0 Å². The number of nitrogens with one attached hydrogen (secondary N) is 1. The first kappa shape index (κ1) is 18.7. The van der Waals surface area contributed by atoms with E-state index in [1.54, 1.807) is 13.8 Å². The van der Waals surface area contributed by atoms with Gasteiger partial charge in [-0.15, -0.1) is 12.4 Å². The average Bonchev–Trinajstić information content (AvgIpc) is 2.36. The minimum absolute atomic E-state index is 0. The molecule has 6 nitrogen and oxygen atoms in total. The summed E-state index contributed by atoms with van der Waals surface area (Å²) in [7, 11) is -2.41. The minimum atomic E-state index is -3.76. The number of hydrogen-bond acceptors (Lipinski definition) is 5. The van der Waals surface area contributed by atoms with Crippen molar-refractivity contribution < 1.29 is 13.2 Å². The molecule has 1 aromatic rings. The Labute approximate surface area is 125 Å². The highest BCUT2D eigenvalue weighted by atomic mass is 35.5. The molecule has 0 heterocycles. The number of nitrogens with two attached hydrogens (primary N) is 1. The van der Waals surface area contributed by atoms with Crippen molar-refractivity contribution in [2.75, 3.05) is 13.7 Å². The molecule has 0 aliphatic heterocycles. The molecule has 0 aliphatic carbocycles. The maximum atomic E-state index is 12.3. The van der Waals surface area contributed by atoms with Gasteiger partial charge in [-0.1, -0.05) is 0 Å². The van der Waals surface area contributed by atoms with E-state index in [4.69, 9.17) is 15.7 Å². The highest BCUT2D eigenvalue weighted by Gasteiger charge is 2.27. The highest BCUT2D eigenvalue weighted by Crippen LogP contribution is 2.25. The van der Waals surface area contributed by atoms with Crippen molar-refractivity contribution in [3.8, 4) is 11.8 Å². The monoisotopic (exact) mass is 319 g/mol. The summed E-state index contributed by atoms with van der Waals surface area (Å²) in [6, 6.07) is 6.07. The summed E-state index contributed by atoms with van der Waals surface area (Å²) in [6.07, 6.45) is 0. The molecule has 0 aromatic heterocycles. The molecule has 0 spiro atoms. The lowest BCUT2D eigenvalue weighted by atomic mass is 10.1. The van der Waals surface area contributed by atoms with Crippen LogP contribution >= 0.6 is 12.4 Å². The normalized spacial score (nSPS) is 11.3. The highest BCUT2D eigenvalue weighted by molar-refractivity contribution is 7.89. The zero-order valence-electron chi connectivity index (χ0n) is 11.5. The zero-order chi connectivity index (χ0) is 14.7. The number of benzene rings is 1. The standard InChI is InChI=1S/C12H17N3O3S.ClH/c1-12(2,8-14)15-19(16,17)11-5-4-9(7-13)6-10(11)18-3;/h4-6,15H,8,14H2,1-3H3;1H. The fourth-order valence-electron chi connectivity index (χ4n) is 1.42. The van der Waals surface area contributed by atoms with Crippen LogP contribution in [0, 0.1) is 11.3 Å². The van der Waals surface area contributed by atoms with E-state index in [0.29, 0.717) is 5.56 Å². The third-order valence-electron chi connectivity index (χ3n) is 2.50. The molecule has 0 radical (unpaired) electrons. The zero-order valence-corrected chi connectivity index (χ0v) is 13.1. The molecule has 8 heteroatoms. The van der Waals surface area contributed by atoms with Gasteiger partial charge in [-0.25, -0.2) is 13.1 Å². The van der Waals surface area contributed by atoms with Gasteiger partial charge in [0.1, 0.15) is 10.6 Å². The van der Waals surface area contributed by atoms with Crippen LogP contribution in [0.25, 0.3) is 0 Å². The van der Waals surface area contributed by atoms with Gasteiger partial charge < -0.3 is 10.5 Å². The molecule has 0 saturated heterocycles. The molecule has 0 amide bonds.